The highest BCUT2D eigenvalue weighted by molar-refractivity contribution is 5.91. The Morgan fingerprint density at radius 2 is 1.17 bits per heavy atom. The van der Waals surface area contributed by atoms with E-state index in [4.69, 9.17) is 0 Å². The zero-order valence-corrected chi connectivity index (χ0v) is 22.3. The monoisotopic (exact) mass is 473 g/mol. The van der Waals surface area contributed by atoms with E-state index in [1.807, 2.05) is 0 Å². The number of hydrogen-bond acceptors (Lipinski definition) is 0. The number of unbranched alkanes of at least 4 members (excludes halogenated alkanes) is 15. The van der Waals surface area contributed by atoms with Crippen LogP contribution in [0.5, 0.6) is 0 Å². The van der Waals surface area contributed by atoms with Crippen molar-refractivity contribution in [2.45, 2.75) is 116 Å². The molecule has 0 fully saturated rings. The highest BCUT2D eigenvalue weighted by Gasteiger charge is 2.02. The molecule has 2 aromatic heterocycles. The Labute approximate surface area is 214 Å². The summed E-state index contributed by atoms with van der Waals surface area (Å²) in [5.74, 6) is 0. The summed E-state index contributed by atoms with van der Waals surface area (Å²) in [6, 6.07) is 12.9. The molecular weight excluding hydrogens is 424 g/mol. The second-order valence-corrected chi connectivity index (χ2v) is 10.3. The standard InChI is InChI=1S/C33H48N2/c1-2-3-4-5-6-7-8-9-10-11-12-13-14-15-16-19-26-35-27-24-30(25-28-35)22-23-31-29-34-33-21-18-17-20-32(31)33/h17-18,20-25,27-29H,2-16,19,26H2,1H3/p+1. The van der Waals surface area contributed by atoms with Gasteiger partial charge in [0.25, 0.3) is 0 Å². The van der Waals surface area contributed by atoms with Crippen molar-refractivity contribution in [3.63, 3.8) is 0 Å². The van der Waals surface area contributed by atoms with Gasteiger partial charge in [-0.25, -0.2) is 4.57 Å². The smallest absolute Gasteiger partial charge is 0.169 e. The number of aryl methyl sites for hydroxylation is 1. The van der Waals surface area contributed by atoms with E-state index in [9.17, 15) is 0 Å². The van der Waals surface area contributed by atoms with Crippen LogP contribution in [0.2, 0.25) is 0 Å². The zero-order chi connectivity index (χ0) is 24.4. The van der Waals surface area contributed by atoms with E-state index in [-0.39, 0.29) is 0 Å². The van der Waals surface area contributed by atoms with Gasteiger partial charge in [-0.2, -0.15) is 0 Å². The quantitative estimate of drug-likeness (QED) is 0.132. The van der Waals surface area contributed by atoms with Crippen LogP contribution < -0.4 is 4.57 Å². The SMILES string of the molecule is CCCCCCCCCCCCCCCCCC[n+]1ccc(C=Cc2c[nH]c3ccccc23)cc1. The van der Waals surface area contributed by atoms with Crippen LogP contribution in [0.1, 0.15) is 121 Å². The first-order chi connectivity index (χ1) is 17.4. The van der Waals surface area contributed by atoms with Crippen LogP contribution >= 0.6 is 0 Å². The fourth-order valence-electron chi connectivity index (χ4n) is 4.99. The molecule has 190 valence electrons. The van der Waals surface area contributed by atoms with Gasteiger partial charge in [0, 0.05) is 35.7 Å². The average Bonchev–Trinajstić information content (AvgIpc) is 3.31. The lowest BCUT2D eigenvalue weighted by molar-refractivity contribution is -0.697. The lowest BCUT2D eigenvalue weighted by atomic mass is 10.0. The summed E-state index contributed by atoms with van der Waals surface area (Å²) in [6.45, 7) is 3.43. The second kappa shape index (κ2) is 17.1. The number of aromatic amines is 1. The maximum atomic E-state index is 3.34. The molecule has 35 heavy (non-hydrogen) atoms. The van der Waals surface area contributed by atoms with Gasteiger partial charge in [-0.3, -0.25) is 0 Å². The van der Waals surface area contributed by atoms with Crippen LogP contribution in [0.3, 0.4) is 0 Å². The molecule has 0 aliphatic rings. The van der Waals surface area contributed by atoms with Gasteiger partial charge in [0.15, 0.2) is 12.4 Å². The fourth-order valence-corrected chi connectivity index (χ4v) is 4.99. The number of pyridine rings is 1. The molecule has 0 bridgehead atoms. The van der Waals surface area contributed by atoms with E-state index < -0.39 is 0 Å². The number of H-pyrrole nitrogens is 1. The minimum atomic E-state index is 1.13. The minimum Gasteiger partial charge on any atom is -0.361 e. The van der Waals surface area contributed by atoms with Gasteiger partial charge in [-0.1, -0.05) is 127 Å². The van der Waals surface area contributed by atoms with E-state index in [0.29, 0.717) is 0 Å². The van der Waals surface area contributed by atoms with Crippen molar-refractivity contribution in [1.29, 1.82) is 0 Å². The molecule has 0 unspecified atom stereocenters. The van der Waals surface area contributed by atoms with Crippen molar-refractivity contribution in [3.8, 4) is 0 Å². The van der Waals surface area contributed by atoms with Gasteiger partial charge < -0.3 is 4.98 Å². The van der Waals surface area contributed by atoms with E-state index >= 15 is 0 Å². The maximum absolute atomic E-state index is 3.34. The Hall–Kier alpha value is -2.35. The van der Waals surface area contributed by atoms with Gasteiger partial charge in [0.05, 0.1) is 0 Å². The van der Waals surface area contributed by atoms with Crippen LogP contribution in [-0.4, -0.2) is 4.98 Å². The summed E-state index contributed by atoms with van der Waals surface area (Å²) in [5, 5.41) is 1.28. The van der Waals surface area contributed by atoms with E-state index in [1.54, 1.807) is 0 Å². The first-order valence-electron chi connectivity index (χ1n) is 14.6. The molecule has 0 saturated heterocycles. The van der Waals surface area contributed by atoms with Gasteiger partial charge >= 0.3 is 0 Å². The summed E-state index contributed by atoms with van der Waals surface area (Å²) < 4.78 is 2.33. The number of aromatic nitrogens is 2. The first kappa shape index (κ1) is 27.2. The summed E-state index contributed by atoms with van der Waals surface area (Å²) >= 11 is 0. The molecule has 0 radical (unpaired) electrons. The van der Waals surface area contributed by atoms with Crippen LogP contribution in [-0.2, 0) is 6.54 Å². The molecule has 3 aromatic rings. The largest absolute Gasteiger partial charge is 0.361 e. The topological polar surface area (TPSA) is 19.7 Å². The lowest BCUT2D eigenvalue weighted by Crippen LogP contribution is -2.32. The number of nitrogens with one attached hydrogen (secondary N) is 1. The molecule has 2 heteroatoms. The van der Waals surface area contributed by atoms with Crippen molar-refractivity contribution in [1.82, 2.24) is 4.98 Å². The van der Waals surface area contributed by atoms with Crippen molar-refractivity contribution < 1.29 is 4.57 Å². The molecule has 0 atom stereocenters. The third-order valence-electron chi connectivity index (χ3n) is 7.26. The Morgan fingerprint density at radius 1 is 0.629 bits per heavy atom. The zero-order valence-electron chi connectivity index (χ0n) is 22.3. The fraction of sp³-hybridized carbons (Fsp3) is 0.545. The first-order valence-corrected chi connectivity index (χ1v) is 14.6. The summed E-state index contributed by atoms with van der Waals surface area (Å²) in [6.07, 6.45) is 33.7. The van der Waals surface area contributed by atoms with Gasteiger partial charge in [0.2, 0.25) is 0 Å². The highest BCUT2D eigenvalue weighted by Crippen LogP contribution is 2.20. The number of benzene rings is 1. The van der Waals surface area contributed by atoms with E-state index in [2.05, 4.69) is 83.6 Å². The van der Waals surface area contributed by atoms with Gasteiger partial charge in [-0.15, -0.1) is 0 Å². The van der Waals surface area contributed by atoms with Crippen molar-refractivity contribution in [2.24, 2.45) is 0 Å². The minimum absolute atomic E-state index is 1.13. The Bertz CT molecular complexity index is 951. The number of para-hydroxylation sites is 1. The molecule has 0 amide bonds. The molecule has 1 aromatic carbocycles. The Morgan fingerprint density at radius 3 is 1.77 bits per heavy atom. The second-order valence-electron chi connectivity index (χ2n) is 10.3. The van der Waals surface area contributed by atoms with Gasteiger partial charge in [0.1, 0.15) is 6.54 Å². The number of hydrogen-bond donors (Lipinski definition) is 1. The molecule has 1 N–H and O–H groups in total. The predicted molar refractivity (Wildman–Crippen MR) is 153 cm³/mol. The number of rotatable bonds is 19. The number of nitrogens with zero attached hydrogens (tertiary/aromatic N) is 1. The average molecular weight is 474 g/mol. The summed E-state index contributed by atoms with van der Waals surface area (Å²) in [5.41, 5.74) is 3.68. The summed E-state index contributed by atoms with van der Waals surface area (Å²) in [4.78, 5) is 3.34. The van der Waals surface area contributed by atoms with Crippen LogP contribution in [0.15, 0.2) is 55.0 Å². The molecule has 2 nitrogen and oxygen atoms in total. The third-order valence-corrected chi connectivity index (χ3v) is 7.26. The van der Waals surface area contributed by atoms with Gasteiger partial charge in [-0.05, 0) is 23.6 Å². The third kappa shape index (κ3) is 10.8. The lowest BCUT2D eigenvalue weighted by Gasteiger charge is -2.03. The van der Waals surface area contributed by atoms with Crippen LogP contribution in [0, 0.1) is 0 Å². The van der Waals surface area contributed by atoms with E-state index in [0.717, 1.165) is 6.54 Å². The molecular formula is C33H49N2+. The molecule has 0 aliphatic carbocycles. The molecule has 0 aliphatic heterocycles. The molecule has 0 saturated carbocycles. The normalized spacial score (nSPS) is 11.7. The predicted octanol–water partition coefficient (Wildman–Crippen LogP) is 9.89. The summed E-state index contributed by atoms with van der Waals surface area (Å²) in [7, 11) is 0. The van der Waals surface area contributed by atoms with E-state index in [1.165, 1.54) is 125 Å². The van der Waals surface area contributed by atoms with Crippen LogP contribution in [0.25, 0.3) is 23.1 Å². The molecule has 3 rings (SSSR count). The Kier molecular flexibility index (Phi) is 13.3. The highest BCUT2D eigenvalue weighted by atomic mass is 14.9. The number of fused-ring (bicyclic) bond motifs is 1. The van der Waals surface area contributed by atoms with Crippen LogP contribution in [0.4, 0.5) is 0 Å². The molecule has 0 spiro atoms. The maximum Gasteiger partial charge on any atom is 0.169 e. The van der Waals surface area contributed by atoms with Crippen molar-refractivity contribution in [3.05, 3.63) is 66.1 Å². The Balaban J connectivity index is 1.17. The van der Waals surface area contributed by atoms with Crippen molar-refractivity contribution >= 4 is 23.1 Å². The van der Waals surface area contributed by atoms with Crippen molar-refractivity contribution in [2.75, 3.05) is 0 Å². The molecule has 2 heterocycles.